The number of carbonyl (C=O) groups is 1. The zero-order valence-electron chi connectivity index (χ0n) is 15.9. The second-order valence-corrected chi connectivity index (χ2v) is 6.41. The highest BCUT2D eigenvalue weighted by atomic mass is 16.2. The third-order valence-electron chi connectivity index (χ3n) is 4.36. The fourth-order valence-electron chi connectivity index (χ4n) is 2.96. The minimum Gasteiger partial charge on any atom is -0.338 e. The Hall–Kier alpha value is -3.16. The lowest BCUT2D eigenvalue weighted by Gasteiger charge is -2.16. The van der Waals surface area contributed by atoms with Gasteiger partial charge in [0, 0.05) is 19.2 Å². The number of hydrogen-bond acceptors (Lipinski definition) is 4. The molecule has 2 aromatic heterocycles. The second kappa shape index (κ2) is 8.48. The van der Waals surface area contributed by atoms with Crippen LogP contribution in [0.2, 0.25) is 0 Å². The van der Waals surface area contributed by atoms with Crippen molar-refractivity contribution < 1.29 is 4.79 Å². The molecule has 142 valence electrons. The molecular weight excluding hydrogens is 342 g/mol. The highest BCUT2D eigenvalue weighted by molar-refractivity contribution is 5.88. The summed E-state index contributed by atoms with van der Waals surface area (Å²) in [4.78, 5) is 16.5. The van der Waals surface area contributed by atoms with Gasteiger partial charge in [-0.1, -0.05) is 30.3 Å². The highest BCUT2D eigenvalue weighted by Crippen LogP contribution is 2.21. The van der Waals surface area contributed by atoms with Gasteiger partial charge >= 0.3 is 6.03 Å². The Morgan fingerprint density at radius 3 is 2.67 bits per heavy atom. The van der Waals surface area contributed by atoms with Crippen LogP contribution in [0.4, 0.5) is 10.6 Å². The molecule has 0 spiro atoms. The number of anilines is 1. The van der Waals surface area contributed by atoms with E-state index in [2.05, 4.69) is 25.8 Å². The van der Waals surface area contributed by atoms with Gasteiger partial charge in [0.2, 0.25) is 0 Å². The molecule has 27 heavy (non-hydrogen) atoms. The van der Waals surface area contributed by atoms with E-state index in [1.807, 2.05) is 55.8 Å². The van der Waals surface area contributed by atoms with E-state index in [-0.39, 0.29) is 12.1 Å². The topological polar surface area (TPSA) is 89.7 Å². The average molecular weight is 367 g/mol. The fourth-order valence-corrected chi connectivity index (χ4v) is 2.96. The van der Waals surface area contributed by atoms with E-state index in [0.29, 0.717) is 12.4 Å². The molecule has 3 rings (SSSR count). The smallest absolute Gasteiger partial charge is 0.320 e. The van der Waals surface area contributed by atoms with E-state index in [0.717, 1.165) is 30.2 Å². The number of nitrogens with one attached hydrogen (secondary N) is 2. The molecular formula is C19H25N7O. The van der Waals surface area contributed by atoms with E-state index in [4.69, 9.17) is 0 Å². The zero-order valence-corrected chi connectivity index (χ0v) is 15.9. The summed E-state index contributed by atoms with van der Waals surface area (Å²) in [5.74, 6) is 2.31. The number of hydrogen-bond donors (Lipinski definition) is 2. The summed E-state index contributed by atoms with van der Waals surface area (Å²) in [6, 6.07) is 11.6. The van der Waals surface area contributed by atoms with Gasteiger partial charge in [-0.05, 0) is 32.8 Å². The van der Waals surface area contributed by atoms with Crippen LogP contribution in [-0.2, 0) is 6.54 Å². The van der Waals surface area contributed by atoms with Crippen LogP contribution in [0, 0.1) is 13.8 Å². The Labute approximate surface area is 158 Å². The van der Waals surface area contributed by atoms with E-state index in [1.165, 1.54) is 0 Å². The van der Waals surface area contributed by atoms with Gasteiger partial charge in [0.15, 0.2) is 0 Å². The standard InChI is InChI=1S/C19H25N7O/c1-14(17-8-5-4-6-9-17)26-18(10-12-21-26)23-19(27)20-11-7-13-25-16(3)22-15(2)24-25/h4-6,8-10,12,14H,7,11,13H2,1-3H3,(H2,20,23,27)/t14-/m1/s1. The number of carbonyl (C=O) groups excluding carboxylic acids is 1. The van der Waals surface area contributed by atoms with Crippen molar-refractivity contribution in [2.75, 3.05) is 11.9 Å². The van der Waals surface area contributed by atoms with Crippen LogP contribution in [0.15, 0.2) is 42.6 Å². The molecule has 0 aliphatic rings. The van der Waals surface area contributed by atoms with Crippen LogP contribution < -0.4 is 10.6 Å². The Morgan fingerprint density at radius 1 is 1.19 bits per heavy atom. The van der Waals surface area contributed by atoms with Crippen molar-refractivity contribution in [1.82, 2.24) is 29.9 Å². The summed E-state index contributed by atoms with van der Waals surface area (Å²) in [7, 11) is 0. The number of nitrogens with zero attached hydrogens (tertiary/aromatic N) is 5. The molecule has 0 saturated heterocycles. The fraction of sp³-hybridized carbons (Fsp3) is 0.368. The van der Waals surface area contributed by atoms with Gasteiger partial charge in [0.05, 0.1) is 12.2 Å². The minimum atomic E-state index is -0.247. The molecule has 0 aliphatic heterocycles. The van der Waals surface area contributed by atoms with Gasteiger partial charge in [-0.25, -0.2) is 14.5 Å². The van der Waals surface area contributed by atoms with Crippen LogP contribution in [0.5, 0.6) is 0 Å². The van der Waals surface area contributed by atoms with E-state index in [1.54, 1.807) is 16.9 Å². The van der Waals surface area contributed by atoms with E-state index in [9.17, 15) is 4.79 Å². The van der Waals surface area contributed by atoms with Crippen LogP contribution >= 0.6 is 0 Å². The van der Waals surface area contributed by atoms with Crippen LogP contribution in [-0.4, -0.2) is 37.1 Å². The molecule has 8 nitrogen and oxygen atoms in total. The molecule has 0 bridgehead atoms. The Morgan fingerprint density at radius 2 is 1.96 bits per heavy atom. The second-order valence-electron chi connectivity index (χ2n) is 6.41. The van der Waals surface area contributed by atoms with Crippen LogP contribution in [0.25, 0.3) is 0 Å². The first-order valence-corrected chi connectivity index (χ1v) is 9.06. The number of urea groups is 1. The highest BCUT2D eigenvalue weighted by Gasteiger charge is 2.13. The van der Waals surface area contributed by atoms with Gasteiger partial charge in [-0.3, -0.25) is 10.00 Å². The predicted octanol–water partition coefficient (Wildman–Crippen LogP) is 2.91. The van der Waals surface area contributed by atoms with Crippen LogP contribution in [0.1, 0.15) is 36.6 Å². The molecule has 1 atom stereocenters. The Balaban J connectivity index is 1.50. The third kappa shape index (κ3) is 4.72. The molecule has 3 aromatic rings. The third-order valence-corrected chi connectivity index (χ3v) is 4.36. The summed E-state index contributed by atoms with van der Waals surface area (Å²) in [6.07, 6.45) is 2.46. The summed E-state index contributed by atoms with van der Waals surface area (Å²) in [5.41, 5.74) is 1.13. The molecule has 2 heterocycles. The molecule has 1 aromatic carbocycles. The largest absolute Gasteiger partial charge is 0.338 e. The van der Waals surface area contributed by atoms with Crippen molar-refractivity contribution in [3.63, 3.8) is 0 Å². The summed E-state index contributed by atoms with van der Waals surface area (Å²) < 4.78 is 3.65. The number of amides is 2. The number of benzene rings is 1. The molecule has 2 N–H and O–H groups in total. The van der Waals surface area contributed by atoms with Gasteiger partial charge in [-0.2, -0.15) is 10.2 Å². The average Bonchev–Trinajstić information content (AvgIpc) is 3.24. The number of rotatable bonds is 7. The maximum Gasteiger partial charge on any atom is 0.320 e. The van der Waals surface area contributed by atoms with Crippen molar-refractivity contribution in [3.05, 3.63) is 59.8 Å². The molecule has 8 heteroatoms. The maximum absolute atomic E-state index is 12.2. The van der Waals surface area contributed by atoms with Crippen molar-refractivity contribution in [2.24, 2.45) is 0 Å². The molecule has 0 saturated carbocycles. The molecule has 0 fully saturated rings. The monoisotopic (exact) mass is 367 g/mol. The van der Waals surface area contributed by atoms with Crippen LogP contribution in [0.3, 0.4) is 0 Å². The van der Waals surface area contributed by atoms with Crippen molar-refractivity contribution in [1.29, 1.82) is 0 Å². The lowest BCUT2D eigenvalue weighted by atomic mass is 10.1. The molecule has 2 amide bonds. The quantitative estimate of drug-likeness (QED) is 0.628. The summed E-state index contributed by atoms with van der Waals surface area (Å²) in [5, 5.41) is 14.4. The number of aryl methyl sites for hydroxylation is 3. The first kappa shape index (κ1) is 18.6. The number of aromatic nitrogens is 5. The van der Waals surface area contributed by atoms with Crippen molar-refractivity contribution >= 4 is 11.8 Å². The SMILES string of the molecule is Cc1nc(C)n(CCCNC(=O)Nc2ccnn2[C@H](C)c2ccccc2)n1. The minimum absolute atomic E-state index is 0.0232. The van der Waals surface area contributed by atoms with Crippen molar-refractivity contribution in [3.8, 4) is 0 Å². The summed E-state index contributed by atoms with van der Waals surface area (Å²) in [6.45, 7) is 7.11. The Kier molecular flexibility index (Phi) is 5.85. The first-order chi connectivity index (χ1) is 13.0. The maximum atomic E-state index is 12.2. The Bertz CT molecular complexity index is 885. The lowest BCUT2D eigenvalue weighted by Crippen LogP contribution is -2.31. The predicted molar refractivity (Wildman–Crippen MR) is 104 cm³/mol. The first-order valence-electron chi connectivity index (χ1n) is 9.06. The van der Waals surface area contributed by atoms with Gasteiger partial charge in [0.25, 0.3) is 0 Å². The zero-order chi connectivity index (χ0) is 19.2. The normalized spacial score (nSPS) is 12.0. The summed E-state index contributed by atoms with van der Waals surface area (Å²) >= 11 is 0. The van der Waals surface area contributed by atoms with Gasteiger partial charge in [0.1, 0.15) is 17.5 Å². The van der Waals surface area contributed by atoms with Crippen molar-refractivity contribution in [2.45, 2.75) is 39.8 Å². The van der Waals surface area contributed by atoms with Gasteiger partial charge < -0.3 is 5.32 Å². The van der Waals surface area contributed by atoms with E-state index >= 15 is 0 Å². The molecule has 0 unspecified atom stereocenters. The molecule has 0 radical (unpaired) electrons. The lowest BCUT2D eigenvalue weighted by molar-refractivity contribution is 0.251. The van der Waals surface area contributed by atoms with Gasteiger partial charge in [-0.15, -0.1) is 0 Å². The molecule has 0 aliphatic carbocycles. The van der Waals surface area contributed by atoms with E-state index < -0.39 is 0 Å².